The van der Waals surface area contributed by atoms with E-state index in [2.05, 4.69) is 10.6 Å². The molecule has 0 saturated carbocycles. The van der Waals surface area contributed by atoms with Crippen LogP contribution in [-0.4, -0.2) is 55.3 Å². The van der Waals surface area contributed by atoms with Gasteiger partial charge in [-0.25, -0.2) is 17.5 Å². The maximum Gasteiger partial charge on any atom is 0.319 e. The largest absolute Gasteiger partial charge is 0.370 e. The highest BCUT2D eigenvalue weighted by atomic mass is 32.2. The lowest BCUT2D eigenvalue weighted by atomic mass is 10.1. The van der Waals surface area contributed by atoms with Gasteiger partial charge in [-0.1, -0.05) is 19.1 Å². The fourth-order valence-electron chi connectivity index (χ4n) is 2.97. The number of benzene rings is 1. The maximum absolute atomic E-state index is 12.4. The molecule has 28 heavy (non-hydrogen) atoms. The third-order valence-corrected chi connectivity index (χ3v) is 7.54. The average Bonchev–Trinajstić information content (AvgIpc) is 2.63. The van der Waals surface area contributed by atoms with Crippen LogP contribution in [0.25, 0.3) is 0 Å². The van der Waals surface area contributed by atoms with Gasteiger partial charge >= 0.3 is 6.03 Å². The highest BCUT2D eigenvalue weighted by Gasteiger charge is 2.28. The van der Waals surface area contributed by atoms with Crippen molar-refractivity contribution in [3.63, 3.8) is 0 Å². The molecule has 1 heterocycles. The van der Waals surface area contributed by atoms with Gasteiger partial charge in [-0.3, -0.25) is 4.79 Å². The van der Waals surface area contributed by atoms with Crippen LogP contribution in [0.3, 0.4) is 0 Å². The SMILES string of the molecule is CCCS(=O)(=O)N1CCC(NC(=O)Nc2ccccc2SCCC(N)=O)CC1. The summed E-state index contributed by atoms with van der Waals surface area (Å²) in [6.07, 6.45) is 2.04. The molecule has 1 aliphatic rings. The lowest BCUT2D eigenvalue weighted by Gasteiger charge is -2.31. The normalized spacial score (nSPS) is 15.9. The van der Waals surface area contributed by atoms with E-state index < -0.39 is 10.0 Å². The maximum atomic E-state index is 12.4. The van der Waals surface area contributed by atoms with E-state index in [0.717, 1.165) is 4.90 Å². The number of primary amides is 1. The van der Waals surface area contributed by atoms with Gasteiger partial charge in [0, 0.05) is 36.2 Å². The average molecular weight is 429 g/mol. The highest BCUT2D eigenvalue weighted by Crippen LogP contribution is 2.27. The second-order valence-electron chi connectivity index (χ2n) is 6.65. The summed E-state index contributed by atoms with van der Waals surface area (Å²) in [6, 6.07) is 6.97. The molecular weight excluding hydrogens is 400 g/mol. The molecule has 8 nitrogen and oxygen atoms in total. The fraction of sp³-hybridized carbons (Fsp3) is 0.556. The molecule has 1 aromatic rings. The van der Waals surface area contributed by atoms with Gasteiger partial charge in [-0.05, 0) is 31.4 Å². The van der Waals surface area contributed by atoms with Crippen LogP contribution in [0.15, 0.2) is 29.2 Å². The van der Waals surface area contributed by atoms with Crippen molar-refractivity contribution in [3.05, 3.63) is 24.3 Å². The van der Waals surface area contributed by atoms with E-state index in [1.54, 1.807) is 6.07 Å². The number of hydrogen-bond acceptors (Lipinski definition) is 5. The standard InChI is InChI=1S/C18H28N4O4S2/c1-2-13-28(25,26)22-10-7-14(8-11-22)20-18(24)21-15-5-3-4-6-16(15)27-12-9-17(19)23/h3-6,14H,2,7-13H2,1H3,(H2,19,23)(H2,20,21,24). The Kier molecular flexibility index (Phi) is 8.58. The van der Waals surface area contributed by atoms with Crippen molar-refractivity contribution in [2.24, 2.45) is 5.73 Å². The summed E-state index contributed by atoms with van der Waals surface area (Å²) in [7, 11) is -3.19. The summed E-state index contributed by atoms with van der Waals surface area (Å²) < 4.78 is 25.7. The summed E-state index contributed by atoms with van der Waals surface area (Å²) in [5.74, 6) is 0.346. The molecule has 0 unspecified atom stereocenters. The number of carbonyl (C=O) groups is 2. The summed E-state index contributed by atoms with van der Waals surface area (Å²) in [4.78, 5) is 24.1. The summed E-state index contributed by atoms with van der Waals surface area (Å²) in [5.41, 5.74) is 5.82. The lowest BCUT2D eigenvalue weighted by Crippen LogP contribution is -2.48. The number of carbonyl (C=O) groups excluding carboxylic acids is 2. The Morgan fingerprint density at radius 1 is 1.25 bits per heavy atom. The third-order valence-electron chi connectivity index (χ3n) is 4.39. The summed E-state index contributed by atoms with van der Waals surface area (Å²) >= 11 is 1.45. The van der Waals surface area contributed by atoms with Crippen LogP contribution in [0.5, 0.6) is 0 Å². The first-order valence-electron chi connectivity index (χ1n) is 9.37. The van der Waals surface area contributed by atoms with Gasteiger partial charge in [-0.2, -0.15) is 0 Å². The molecular formula is C18H28N4O4S2. The molecule has 0 atom stereocenters. The first-order chi connectivity index (χ1) is 13.3. The van der Waals surface area contributed by atoms with Gasteiger partial charge < -0.3 is 16.4 Å². The summed E-state index contributed by atoms with van der Waals surface area (Å²) in [6.45, 7) is 2.69. The molecule has 0 bridgehead atoms. The van der Waals surface area contributed by atoms with E-state index in [0.29, 0.717) is 43.8 Å². The van der Waals surface area contributed by atoms with Crippen LogP contribution in [0.4, 0.5) is 10.5 Å². The molecule has 156 valence electrons. The zero-order chi connectivity index (χ0) is 20.6. The minimum atomic E-state index is -3.19. The van der Waals surface area contributed by atoms with Crippen molar-refractivity contribution in [2.45, 2.75) is 43.5 Å². The Balaban J connectivity index is 1.84. The number of sulfonamides is 1. The lowest BCUT2D eigenvalue weighted by molar-refractivity contribution is -0.117. The molecule has 1 aliphatic heterocycles. The van der Waals surface area contributed by atoms with E-state index in [9.17, 15) is 18.0 Å². The number of amides is 3. The van der Waals surface area contributed by atoms with Crippen LogP contribution < -0.4 is 16.4 Å². The van der Waals surface area contributed by atoms with E-state index >= 15 is 0 Å². The van der Waals surface area contributed by atoms with E-state index in [4.69, 9.17) is 5.73 Å². The molecule has 0 aromatic heterocycles. The van der Waals surface area contributed by atoms with Gasteiger partial charge in [-0.15, -0.1) is 11.8 Å². The Labute approximate surface area is 170 Å². The number of nitrogens with zero attached hydrogens (tertiary/aromatic N) is 1. The quantitative estimate of drug-likeness (QED) is 0.519. The molecule has 3 amide bonds. The van der Waals surface area contributed by atoms with Crippen LogP contribution in [0, 0.1) is 0 Å². The molecule has 0 radical (unpaired) electrons. The van der Waals surface area contributed by atoms with Crippen LogP contribution in [0.2, 0.25) is 0 Å². The number of hydrogen-bond donors (Lipinski definition) is 3. The predicted octanol–water partition coefficient (Wildman–Crippen LogP) is 1.98. The minimum Gasteiger partial charge on any atom is -0.370 e. The second kappa shape index (κ2) is 10.7. The molecule has 0 aliphatic carbocycles. The first-order valence-corrected chi connectivity index (χ1v) is 12.0. The zero-order valence-corrected chi connectivity index (χ0v) is 17.7. The molecule has 4 N–H and O–H groups in total. The monoisotopic (exact) mass is 428 g/mol. The Hall–Kier alpha value is -1.78. The number of urea groups is 1. The molecule has 10 heteroatoms. The smallest absolute Gasteiger partial charge is 0.319 e. The van der Waals surface area contributed by atoms with Gasteiger partial charge in [0.25, 0.3) is 0 Å². The highest BCUT2D eigenvalue weighted by molar-refractivity contribution is 7.99. The first kappa shape index (κ1) is 22.5. The van der Waals surface area contributed by atoms with Crippen LogP contribution in [0.1, 0.15) is 32.6 Å². The molecule has 2 rings (SSSR count). The van der Waals surface area contributed by atoms with Crippen LogP contribution >= 0.6 is 11.8 Å². The Bertz CT molecular complexity index is 778. The number of piperidine rings is 1. The van der Waals surface area contributed by atoms with Crippen molar-refractivity contribution in [1.29, 1.82) is 0 Å². The van der Waals surface area contributed by atoms with Crippen molar-refractivity contribution >= 4 is 39.4 Å². The van der Waals surface area contributed by atoms with Gasteiger partial charge in [0.2, 0.25) is 15.9 Å². The van der Waals surface area contributed by atoms with Gasteiger partial charge in [0.05, 0.1) is 11.4 Å². The number of thioether (sulfide) groups is 1. The second-order valence-corrected chi connectivity index (χ2v) is 9.87. The number of nitrogens with one attached hydrogen (secondary N) is 2. The van der Waals surface area contributed by atoms with E-state index in [1.165, 1.54) is 16.1 Å². The number of anilines is 1. The number of rotatable bonds is 9. The fourth-order valence-corrected chi connectivity index (χ4v) is 5.48. The zero-order valence-electron chi connectivity index (χ0n) is 16.0. The Morgan fingerprint density at radius 3 is 2.57 bits per heavy atom. The molecule has 1 aromatic carbocycles. The van der Waals surface area contributed by atoms with Crippen molar-refractivity contribution in [1.82, 2.24) is 9.62 Å². The van der Waals surface area contributed by atoms with Gasteiger partial charge in [0.15, 0.2) is 0 Å². The summed E-state index contributed by atoms with van der Waals surface area (Å²) in [5, 5.41) is 5.76. The third kappa shape index (κ3) is 6.99. The van der Waals surface area contributed by atoms with Crippen LogP contribution in [-0.2, 0) is 14.8 Å². The number of nitrogens with two attached hydrogens (primary N) is 1. The molecule has 1 saturated heterocycles. The van der Waals surface area contributed by atoms with Gasteiger partial charge in [0.1, 0.15) is 0 Å². The van der Waals surface area contributed by atoms with E-state index in [-0.39, 0.29) is 30.2 Å². The topological polar surface area (TPSA) is 122 Å². The van der Waals surface area contributed by atoms with Crippen molar-refractivity contribution < 1.29 is 18.0 Å². The van der Waals surface area contributed by atoms with Crippen molar-refractivity contribution in [2.75, 3.05) is 29.9 Å². The van der Waals surface area contributed by atoms with Crippen molar-refractivity contribution in [3.8, 4) is 0 Å². The number of para-hydroxylation sites is 1. The predicted molar refractivity (Wildman–Crippen MR) is 112 cm³/mol. The minimum absolute atomic E-state index is 0.0669. The van der Waals surface area contributed by atoms with E-state index in [1.807, 2.05) is 25.1 Å². The molecule has 1 fully saturated rings. The molecule has 0 spiro atoms. The Morgan fingerprint density at radius 2 is 1.93 bits per heavy atom.